The summed E-state index contributed by atoms with van der Waals surface area (Å²) in [7, 11) is 1.62. The molecule has 3 rings (SSSR count). The summed E-state index contributed by atoms with van der Waals surface area (Å²) in [5, 5.41) is 5.31. The first-order valence-electron chi connectivity index (χ1n) is 8.87. The summed E-state index contributed by atoms with van der Waals surface area (Å²) >= 11 is 4.86. The van der Waals surface area contributed by atoms with Crippen LogP contribution in [0.25, 0.3) is 11.3 Å². The first-order chi connectivity index (χ1) is 13.5. The van der Waals surface area contributed by atoms with Gasteiger partial charge in [0.15, 0.2) is 5.13 Å². The van der Waals surface area contributed by atoms with E-state index in [2.05, 4.69) is 33.2 Å². The van der Waals surface area contributed by atoms with E-state index in [9.17, 15) is 4.79 Å². The van der Waals surface area contributed by atoms with Crippen LogP contribution in [0.4, 0.5) is 5.13 Å². The van der Waals surface area contributed by atoms with Crippen LogP contribution >= 0.6 is 27.3 Å². The van der Waals surface area contributed by atoms with E-state index >= 15 is 0 Å². The molecule has 0 saturated heterocycles. The summed E-state index contributed by atoms with van der Waals surface area (Å²) in [5.41, 5.74) is 2.26. The highest BCUT2D eigenvalue weighted by Crippen LogP contribution is 2.32. The molecule has 0 spiro atoms. The Balaban J connectivity index is 1.72. The highest BCUT2D eigenvalue weighted by molar-refractivity contribution is 9.10. The smallest absolute Gasteiger partial charge is 0.257 e. The largest absolute Gasteiger partial charge is 0.496 e. The number of nitrogens with zero attached hydrogens (tertiary/aromatic N) is 1. The minimum Gasteiger partial charge on any atom is -0.496 e. The minimum atomic E-state index is -0.216. The monoisotopic (exact) mass is 460 g/mol. The van der Waals surface area contributed by atoms with E-state index in [4.69, 9.17) is 9.47 Å². The van der Waals surface area contributed by atoms with Crippen LogP contribution < -0.4 is 14.8 Å². The summed E-state index contributed by atoms with van der Waals surface area (Å²) in [4.78, 5) is 17.1. The molecule has 0 bridgehead atoms. The van der Waals surface area contributed by atoms with Crippen LogP contribution in [-0.2, 0) is 0 Å². The SMILES string of the molecule is CC[C@H](C)Oc1cccc(C(=O)Nc2nc(-c3ccc(OC)c(Br)c3)cs2)c1. The third-order valence-electron chi connectivity index (χ3n) is 4.18. The number of ether oxygens (including phenoxy) is 2. The van der Waals surface area contributed by atoms with Gasteiger partial charge in [0.25, 0.3) is 5.91 Å². The number of halogens is 1. The van der Waals surface area contributed by atoms with E-state index in [0.717, 1.165) is 27.9 Å². The quantitative estimate of drug-likeness (QED) is 0.468. The fraction of sp³-hybridized carbons (Fsp3) is 0.238. The molecular weight excluding hydrogens is 440 g/mol. The van der Waals surface area contributed by atoms with Gasteiger partial charge in [-0.05, 0) is 65.7 Å². The Hall–Kier alpha value is -2.38. The lowest BCUT2D eigenvalue weighted by molar-refractivity contribution is 0.102. The summed E-state index contributed by atoms with van der Waals surface area (Å²) in [6.45, 7) is 4.06. The molecule has 3 aromatic rings. The van der Waals surface area contributed by atoms with Gasteiger partial charge in [-0.15, -0.1) is 11.3 Å². The highest BCUT2D eigenvalue weighted by Gasteiger charge is 2.12. The van der Waals surface area contributed by atoms with Crippen molar-refractivity contribution in [1.82, 2.24) is 4.98 Å². The number of hydrogen-bond donors (Lipinski definition) is 1. The summed E-state index contributed by atoms with van der Waals surface area (Å²) in [6.07, 6.45) is 1.00. The fourth-order valence-electron chi connectivity index (χ4n) is 2.49. The number of hydrogen-bond acceptors (Lipinski definition) is 5. The van der Waals surface area contributed by atoms with Crippen LogP contribution in [-0.4, -0.2) is 24.1 Å². The molecule has 1 amide bonds. The second kappa shape index (κ2) is 9.21. The third kappa shape index (κ3) is 4.91. The second-order valence-electron chi connectivity index (χ2n) is 6.21. The maximum atomic E-state index is 12.6. The van der Waals surface area contributed by atoms with E-state index in [0.29, 0.717) is 16.4 Å². The van der Waals surface area contributed by atoms with Crippen LogP contribution in [0.2, 0.25) is 0 Å². The molecule has 7 heteroatoms. The van der Waals surface area contributed by atoms with Crippen molar-refractivity contribution in [3.05, 3.63) is 57.9 Å². The molecule has 1 N–H and O–H groups in total. The first kappa shape index (κ1) is 20.4. The lowest BCUT2D eigenvalue weighted by atomic mass is 10.2. The lowest BCUT2D eigenvalue weighted by Crippen LogP contribution is -2.13. The van der Waals surface area contributed by atoms with Crippen molar-refractivity contribution >= 4 is 38.3 Å². The van der Waals surface area contributed by atoms with Crippen molar-refractivity contribution in [2.45, 2.75) is 26.4 Å². The van der Waals surface area contributed by atoms with Gasteiger partial charge in [0.2, 0.25) is 0 Å². The van der Waals surface area contributed by atoms with Crippen LogP contribution in [0.5, 0.6) is 11.5 Å². The molecule has 0 radical (unpaired) electrons. The zero-order chi connectivity index (χ0) is 20.1. The van der Waals surface area contributed by atoms with Gasteiger partial charge in [-0.2, -0.15) is 0 Å². The van der Waals surface area contributed by atoms with E-state index in [-0.39, 0.29) is 12.0 Å². The number of carbonyl (C=O) groups is 1. The fourth-order valence-corrected chi connectivity index (χ4v) is 3.74. The zero-order valence-electron chi connectivity index (χ0n) is 15.9. The zero-order valence-corrected chi connectivity index (χ0v) is 18.3. The van der Waals surface area contributed by atoms with Gasteiger partial charge in [0.1, 0.15) is 11.5 Å². The highest BCUT2D eigenvalue weighted by atomic mass is 79.9. The summed E-state index contributed by atoms with van der Waals surface area (Å²) in [5.74, 6) is 1.23. The Morgan fingerprint density at radius 3 is 2.82 bits per heavy atom. The first-order valence-corrected chi connectivity index (χ1v) is 10.5. The summed E-state index contributed by atoms with van der Waals surface area (Å²) in [6, 6.07) is 12.9. The van der Waals surface area contributed by atoms with E-state index in [1.807, 2.05) is 42.6 Å². The number of benzene rings is 2. The van der Waals surface area contributed by atoms with Gasteiger partial charge in [0.05, 0.1) is 23.4 Å². The van der Waals surface area contributed by atoms with Gasteiger partial charge < -0.3 is 9.47 Å². The van der Waals surface area contributed by atoms with Gasteiger partial charge in [-0.3, -0.25) is 10.1 Å². The normalized spacial score (nSPS) is 11.7. The molecule has 0 aliphatic rings. The number of rotatable bonds is 7. The summed E-state index contributed by atoms with van der Waals surface area (Å²) < 4.78 is 11.9. The number of methoxy groups -OCH3 is 1. The molecule has 146 valence electrons. The molecule has 28 heavy (non-hydrogen) atoms. The molecule has 0 unspecified atom stereocenters. The standard InChI is InChI=1S/C21H21BrN2O3S/c1-4-13(2)27-16-7-5-6-15(10-16)20(25)24-21-23-18(12-28-21)14-8-9-19(26-3)17(22)11-14/h5-13H,4H2,1-3H3,(H,23,24,25)/t13-/m0/s1. The Kier molecular flexibility index (Phi) is 6.70. The van der Waals surface area contributed by atoms with Crippen molar-refractivity contribution in [1.29, 1.82) is 0 Å². The Labute approximate surface area is 176 Å². The Bertz CT molecular complexity index is 974. The number of thiazole rings is 1. The van der Waals surface area contributed by atoms with Gasteiger partial charge >= 0.3 is 0 Å². The van der Waals surface area contributed by atoms with Gasteiger partial charge in [-0.1, -0.05) is 13.0 Å². The van der Waals surface area contributed by atoms with Crippen molar-refractivity contribution in [2.24, 2.45) is 0 Å². The average molecular weight is 461 g/mol. The van der Waals surface area contributed by atoms with E-state index in [1.165, 1.54) is 11.3 Å². The third-order valence-corrected chi connectivity index (χ3v) is 5.56. The van der Waals surface area contributed by atoms with Gasteiger partial charge in [0, 0.05) is 16.5 Å². The van der Waals surface area contributed by atoms with Crippen LogP contribution in [0, 0.1) is 0 Å². The van der Waals surface area contributed by atoms with Crippen molar-refractivity contribution in [3.8, 4) is 22.8 Å². The molecule has 0 aliphatic heterocycles. The Morgan fingerprint density at radius 1 is 1.29 bits per heavy atom. The van der Waals surface area contributed by atoms with Gasteiger partial charge in [-0.25, -0.2) is 4.98 Å². The van der Waals surface area contributed by atoms with Crippen molar-refractivity contribution in [2.75, 3.05) is 12.4 Å². The molecule has 5 nitrogen and oxygen atoms in total. The van der Waals surface area contributed by atoms with E-state index < -0.39 is 0 Å². The van der Waals surface area contributed by atoms with Crippen LogP contribution in [0.3, 0.4) is 0 Å². The molecule has 0 aliphatic carbocycles. The average Bonchev–Trinajstić information content (AvgIpc) is 3.16. The minimum absolute atomic E-state index is 0.101. The maximum absolute atomic E-state index is 12.6. The molecule has 0 fully saturated rings. The molecule has 2 aromatic carbocycles. The molecule has 0 saturated carbocycles. The predicted octanol–water partition coefficient (Wildman–Crippen LogP) is 6.01. The number of amides is 1. The number of nitrogens with one attached hydrogen (secondary N) is 1. The van der Waals surface area contributed by atoms with Crippen molar-refractivity contribution < 1.29 is 14.3 Å². The molecule has 1 atom stereocenters. The van der Waals surface area contributed by atoms with Crippen molar-refractivity contribution in [3.63, 3.8) is 0 Å². The Morgan fingerprint density at radius 2 is 2.11 bits per heavy atom. The molecular formula is C21H21BrN2O3S. The number of aromatic nitrogens is 1. The van der Waals surface area contributed by atoms with Crippen LogP contribution in [0.15, 0.2) is 52.3 Å². The molecule has 1 aromatic heterocycles. The topological polar surface area (TPSA) is 60.5 Å². The van der Waals surface area contributed by atoms with E-state index in [1.54, 1.807) is 19.2 Å². The number of anilines is 1. The number of carbonyl (C=O) groups excluding carboxylic acids is 1. The predicted molar refractivity (Wildman–Crippen MR) is 117 cm³/mol. The molecule has 1 heterocycles. The second-order valence-corrected chi connectivity index (χ2v) is 7.92. The maximum Gasteiger partial charge on any atom is 0.257 e. The van der Waals surface area contributed by atoms with Crippen LogP contribution in [0.1, 0.15) is 30.6 Å². The lowest BCUT2D eigenvalue weighted by Gasteiger charge is -2.13.